The molecular formula is C11H14ClNO2. The second-order valence-electron chi connectivity index (χ2n) is 3.55. The highest BCUT2D eigenvalue weighted by atomic mass is 35.5. The van der Waals surface area contributed by atoms with Crippen LogP contribution in [0.5, 0.6) is 5.75 Å². The van der Waals surface area contributed by atoms with Crippen LogP contribution in [0, 0.1) is 0 Å². The molecule has 4 heteroatoms. The van der Waals surface area contributed by atoms with E-state index in [2.05, 4.69) is 5.32 Å². The van der Waals surface area contributed by atoms with E-state index in [0.29, 0.717) is 6.42 Å². The van der Waals surface area contributed by atoms with Crippen molar-refractivity contribution in [3.63, 3.8) is 0 Å². The maximum atomic E-state index is 11.6. The fraction of sp³-hybridized carbons (Fsp3) is 0.364. The number of nitrogens with one attached hydrogen (secondary N) is 1. The summed E-state index contributed by atoms with van der Waals surface area (Å²) in [5, 5.41) is 12.4. The van der Waals surface area contributed by atoms with Gasteiger partial charge in [-0.2, -0.15) is 0 Å². The van der Waals surface area contributed by atoms with Gasteiger partial charge in [0.25, 0.3) is 0 Å². The number of carbonyl (C=O) groups excluding carboxylic acids is 1. The van der Waals surface area contributed by atoms with Crippen LogP contribution in [-0.4, -0.2) is 17.4 Å². The molecule has 2 rings (SSSR count). The van der Waals surface area contributed by atoms with Crippen LogP contribution in [0.25, 0.3) is 0 Å². The first-order valence-electron chi connectivity index (χ1n) is 4.82. The maximum absolute atomic E-state index is 11.6. The van der Waals surface area contributed by atoms with Gasteiger partial charge in [-0.05, 0) is 30.7 Å². The molecule has 0 bridgehead atoms. The van der Waals surface area contributed by atoms with Gasteiger partial charge in [0.2, 0.25) is 0 Å². The van der Waals surface area contributed by atoms with Crippen LogP contribution in [0.4, 0.5) is 0 Å². The third-order valence-electron chi connectivity index (χ3n) is 2.47. The van der Waals surface area contributed by atoms with E-state index in [4.69, 9.17) is 0 Å². The minimum Gasteiger partial charge on any atom is -0.508 e. The van der Waals surface area contributed by atoms with Crippen molar-refractivity contribution in [1.29, 1.82) is 0 Å². The number of carbonyl (C=O) groups is 1. The average Bonchev–Trinajstić information content (AvgIpc) is 2.18. The average molecular weight is 228 g/mol. The van der Waals surface area contributed by atoms with E-state index in [1.807, 2.05) is 6.07 Å². The van der Waals surface area contributed by atoms with Gasteiger partial charge < -0.3 is 10.4 Å². The van der Waals surface area contributed by atoms with Crippen molar-refractivity contribution in [3.8, 4) is 5.75 Å². The molecule has 1 saturated heterocycles. The Labute approximate surface area is 94.9 Å². The number of aromatic hydroxyl groups is 1. The zero-order valence-electron chi connectivity index (χ0n) is 8.27. The van der Waals surface area contributed by atoms with Crippen molar-refractivity contribution in [2.45, 2.75) is 18.9 Å². The predicted molar refractivity (Wildman–Crippen MR) is 60.3 cm³/mol. The molecule has 1 atom stereocenters. The molecule has 0 spiro atoms. The van der Waals surface area contributed by atoms with E-state index in [1.54, 1.807) is 18.2 Å². The molecule has 0 aliphatic carbocycles. The molecule has 1 fully saturated rings. The zero-order valence-corrected chi connectivity index (χ0v) is 9.09. The Morgan fingerprint density at radius 3 is 2.87 bits per heavy atom. The SMILES string of the molecule is Cl.O=C1CCCNC1c1cccc(O)c1. The first kappa shape index (κ1) is 12.0. The Bertz CT molecular complexity index is 354. The van der Waals surface area contributed by atoms with Crippen molar-refractivity contribution >= 4 is 18.2 Å². The van der Waals surface area contributed by atoms with Crippen LogP contribution >= 0.6 is 12.4 Å². The molecule has 0 aromatic heterocycles. The Balaban J connectivity index is 0.00000112. The first-order valence-corrected chi connectivity index (χ1v) is 4.82. The Morgan fingerprint density at radius 2 is 2.20 bits per heavy atom. The van der Waals surface area contributed by atoms with Crippen LogP contribution in [0.3, 0.4) is 0 Å². The zero-order chi connectivity index (χ0) is 9.97. The van der Waals surface area contributed by atoms with Gasteiger partial charge in [-0.1, -0.05) is 12.1 Å². The molecule has 15 heavy (non-hydrogen) atoms. The number of ketones is 1. The number of benzene rings is 1. The molecule has 0 amide bonds. The molecule has 0 saturated carbocycles. The third-order valence-corrected chi connectivity index (χ3v) is 2.47. The van der Waals surface area contributed by atoms with E-state index in [1.165, 1.54) is 0 Å². The fourth-order valence-electron chi connectivity index (χ4n) is 1.78. The van der Waals surface area contributed by atoms with Gasteiger partial charge in [-0.3, -0.25) is 4.79 Å². The maximum Gasteiger partial charge on any atom is 0.154 e. The molecule has 82 valence electrons. The number of halogens is 1. The number of hydrogen-bond donors (Lipinski definition) is 2. The van der Waals surface area contributed by atoms with Crippen molar-refractivity contribution in [2.24, 2.45) is 0 Å². The third kappa shape index (κ3) is 2.70. The fourth-order valence-corrected chi connectivity index (χ4v) is 1.78. The van der Waals surface area contributed by atoms with Gasteiger partial charge in [-0.25, -0.2) is 0 Å². The number of phenolic OH excluding ortho intramolecular Hbond substituents is 1. The summed E-state index contributed by atoms with van der Waals surface area (Å²) in [6, 6.07) is 6.64. The van der Waals surface area contributed by atoms with Crippen LogP contribution in [0.2, 0.25) is 0 Å². The van der Waals surface area contributed by atoms with Crippen LogP contribution in [0.1, 0.15) is 24.4 Å². The number of rotatable bonds is 1. The van der Waals surface area contributed by atoms with E-state index >= 15 is 0 Å². The molecular weight excluding hydrogens is 214 g/mol. The smallest absolute Gasteiger partial charge is 0.154 e. The van der Waals surface area contributed by atoms with E-state index in [9.17, 15) is 9.90 Å². The number of piperidine rings is 1. The van der Waals surface area contributed by atoms with Gasteiger partial charge in [0.1, 0.15) is 5.75 Å². The summed E-state index contributed by atoms with van der Waals surface area (Å²) >= 11 is 0. The summed E-state index contributed by atoms with van der Waals surface area (Å²) in [7, 11) is 0. The Morgan fingerprint density at radius 1 is 1.40 bits per heavy atom. The highest BCUT2D eigenvalue weighted by Gasteiger charge is 2.23. The first-order chi connectivity index (χ1) is 6.77. The highest BCUT2D eigenvalue weighted by molar-refractivity contribution is 5.86. The number of phenols is 1. The minimum absolute atomic E-state index is 0. The second-order valence-corrected chi connectivity index (χ2v) is 3.55. The molecule has 1 aliphatic rings. The Hall–Kier alpha value is -1.06. The van der Waals surface area contributed by atoms with Gasteiger partial charge >= 0.3 is 0 Å². The van der Waals surface area contributed by atoms with Gasteiger partial charge in [0.05, 0.1) is 6.04 Å². The van der Waals surface area contributed by atoms with Gasteiger partial charge in [-0.15, -0.1) is 12.4 Å². The molecule has 3 nitrogen and oxygen atoms in total. The molecule has 2 N–H and O–H groups in total. The van der Waals surface area contributed by atoms with Gasteiger partial charge in [0.15, 0.2) is 5.78 Å². The van der Waals surface area contributed by atoms with Crippen molar-refractivity contribution in [1.82, 2.24) is 5.32 Å². The summed E-state index contributed by atoms with van der Waals surface area (Å²) in [5.74, 6) is 0.421. The van der Waals surface area contributed by atoms with Crippen LogP contribution in [-0.2, 0) is 4.79 Å². The predicted octanol–water partition coefficient (Wildman–Crippen LogP) is 1.81. The summed E-state index contributed by atoms with van der Waals surface area (Å²) < 4.78 is 0. The number of Topliss-reactive ketones (excluding diaryl/α,β-unsaturated/α-hetero) is 1. The minimum atomic E-state index is -0.226. The molecule has 0 radical (unpaired) electrons. The monoisotopic (exact) mass is 227 g/mol. The van der Waals surface area contributed by atoms with Crippen LogP contribution in [0.15, 0.2) is 24.3 Å². The normalized spacial score (nSPS) is 20.8. The molecule has 1 aromatic carbocycles. The van der Waals surface area contributed by atoms with Gasteiger partial charge in [0, 0.05) is 6.42 Å². The number of hydrogen-bond acceptors (Lipinski definition) is 3. The molecule has 1 heterocycles. The lowest BCUT2D eigenvalue weighted by atomic mass is 9.96. The topological polar surface area (TPSA) is 49.3 Å². The standard InChI is InChI=1S/C11H13NO2.ClH/c13-9-4-1-3-8(7-9)11-10(14)5-2-6-12-11;/h1,3-4,7,11-13H,2,5-6H2;1H. The lowest BCUT2D eigenvalue weighted by Gasteiger charge is -2.22. The summed E-state index contributed by atoms with van der Waals surface area (Å²) in [6.07, 6.45) is 1.54. The molecule has 1 unspecified atom stereocenters. The second kappa shape index (κ2) is 5.14. The van der Waals surface area contributed by atoms with E-state index in [-0.39, 0.29) is 30.0 Å². The van der Waals surface area contributed by atoms with E-state index in [0.717, 1.165) is 18.5 Å². The lowest BCUT2D eigenvalue weighted by molar-refractivity contribution is -0.122. The summed E-state index contributed by atoms with van der Waals surface area (Å²) in [4.78, 5) is 11.6. The Kier molecular flexibility index (Phi) is 4.12. The molecule has 1 aliphatic heterocycles. The van der Waals surface area contributed by atoms with Crippen molar-refractivity contribution < 1.29 is 9.90 Å². The lowest BCUT2D eigenvalue weighted by Crippen LogP contribution is -2.34. The molecule has 1 aromatic rings. The summed E-state index contributed by atoms with van der Waals surface area (Å²) in [5.41, 5.74) is 0.856. The quantitative estimate of drug-likeness (QED) is 0.769. The van der Waals surface area contributed by atoms with Crippen LogP contribution < -0.4 is 5.32 Å². The largest absolute Gasteiger partial charge is 0.508 e. The highest BCUT2D eigenvalue weighted by Crippen LogP contribution is 2.22. The van der Waals surface area contributed by atoms with Crippen molar-refractivity contribution in [3.05, 3.63) is 29.8 Å². The van der Waals surface area contributed by atoms with Crippen molar-refractivity contribution in [2.75, 3.05) is 6.54 Å². The summed E-state index contributed by atoms with van der Waals surface area (Å²) in [6.45, 7) is 0.867. The van der Waals surface area contributed by atoms with E-state index < -0.39 is 0 Å².